The summed E-state index contributed by atoms with van der Waals surface area (Å²) in [5.74, 6) is 0.569. The number of esters is 1. The quantitative estimate of drug-likeness (QED) is 0.193. The number of hydrogen-bond acceptors (Lipinski definition) is 4. The van der Waals surface area contributed by atoms with E-state index in [4.69, 9.17) is 14.5 Å². The van der Waals surface area contributed by atoms with Gasteiger partial charge < -0.3 is 9.62 Å². The summed E-state index contributed by atoms with van der Waals surface area (Å²) < 4.78 is 5.33. The average molecular weight is 422 g/mol. The van der Waals surface area contributed by atoms with Crippen molar-refractivity contribution in [2.45, 2.75) is 13.5 Å². The second-order valence-electron chi connectivity index (χ2n) is 5.48. The van der Waals surface area contributed by atoms with Crippen molar-refractivity contribution >= 4 is 5.97 Å². The first-order valence-electron chi connectivity index (χ1n) is 7.84. The van der Waals surface area contributed by atoms with E-state index >= 15 is 0 Å². The van der Waals surface area contributed by atoms with Crippen molar-refractivity contribution in [2.24, 2.45) is 0 Å². The fourth-order valence-corrected chi connectivity index (χ4v) is 2.10. The van der Waals surface area contributed by atoms with Gasteiger partial charge in [0.15, 0.2) is 5.75 Å². The molecule has 0 aliphatic heterocycles. The molecule has 3 aromatic rings. The molecular weight excluding hydrogens is 405 g/mol. The fraction of sp³-hybridized carbons (Fsp3) is 0.0952. The molecule has 0 N–H and O–H groups in total. The third kappa shape index (κ3) is 6.06. The number of ether oxygens (including phenoxy) is 1. The van der Waals surface area contributed by atoms with E-state index in [0.29, 0.717) is 23.7 Å². The Morgan fingerprint density at radius 3 is 2.15 bits per heavy atom. The number of hydrogen-bond donors (Lipinski definition) is 0. The maximum atomic E-state index is 12.1. The van der Waals surface area contributed by atoms with Crippen LogP contribution in [0, 0.1) is 13.0 Å². The zero-order valence-corrected chi connectivity index (χ0v) is 17.2. The maximum absolute atomic E-state index is 12.1. The molecule has 5 heteroatoms. The van der Waals surface area contributed by atoms with Gasteiger partial charge >= 0.3 is 5.97 Å². The SMILES string of the molecule is Cc1ccc(C(=O)Oc2ccc(OOCc3cc[c-]cc3)cc2)cc1.[Y]. The van der Waals surface area contributed by atoms with Crippen molar-refractivity contribution < 1.29 is 52.0 Å². The molecule has 0 unspecified atom stereocenters. The summed E-state index contributed by atoms with van der Waals surface area (Å²) >= 11 is 0. The van der Waals surface area contributed by atoms with Crippen LogP contribution in [0.4, 0.5) is 0 Å². The Balaban J connectivity index is 0.00000243. The molecule has 0 amide bonds. The van der Waals surface area contributed by atoms with E-state index in [1.54, 1.807) is 36.4 Å². The van der Waals surface area contributed by atoms with Crippen LogP contribution in [0.25, 0.3) is 0 Å². The summed E-state index contributed by atoms with van der Waals surface area (Å²) in [6.45, 7) is 2.30. The van der Waals surface area contributed by atoms with Crippen LogP contribution >= 0.6 is 0 Å². The fourth-order valence-electron chi connectivity index (χ4n) is 2.10. The molecule has 0 heterocycles. The van der Waals surface area contributed by atoms with Gasteiger partial charge in [0.2, 0.25) is 0 Å². The second kappa shape index (κ2) is 10.2. The normalized spacial score (nSPS) is 9.88. The van der Waals surface area contributed by atoms with E-state index in [2.05, 4.69) is 6.07 Å². The first-order chi connectivity index (χ1) is 12.2. The Hall–Kier alpha value is -2.01. The van der Waals surface area contributed by atoms with Crippen LogP contribution in [0.1, 0.15) is 21.5 Å². The van der Waals surface area contributed by atoms with Crippen LogP contribution in [-0.4, -0.2) is 5.97 Å². The number of aryl methyl sites for hydroxylation is 1. The average Bonchev–Trinajstić information content (AvgIpc) is 2.64. The summed E-state index contributed by atoms with van der Waals surface area (Å²) in [7, 11) is 0. The van der Waals surface area contributed by atoms with Gasteiger partial charge in [-0.1, -0.05) is 17.7 Å². The zero-order chi connectivity index (χ0) is 17.5. The van der Waals surface area contributed by atoms with Crippen LogP contribution in [0.15, 0.2) is 72.8 Å². The zero-order valence-electron chi connectivity index (χ0n) is 14.3. The summed E-state index contributed by atoms with van der Waals surface area (Å²) in [4.78, 5) is 22.5. The van der Waals surface area contributed by atoms with Crippen molar-refractivity contribution in [1.82, 2.24) is 0 Å². The van der Waals surface area contributed by atoms with Crippen molar-refractivity contribution in [3.63, 3.8) is 0 Å². The molecule has 0 fully saturated rings. The summed E-state index contributed by atoms with van der Waals surface area (Å²) in [5.41, 5.74) is 2.59. The van der Waals surface area contributed by atoms with Gasteiger partial charge in [-0.3, -0.25) is 0 Å². The molecule has 3 aromatic carbocycles. The molecule has 0 bridgehead atoms. The van der Waals surface area contributed by atoms with Crippen molar-refractivity contribution in [3.05, 3.63) is 95.6 Å². The van der Waals surface area contributed by atoms with E-state index in [0.717, 1.165) is 11.1 Å². The smallest absolute Gasteiger partial charge is 0.343 e. The van der Waals surface area contributed by atoms with Gasteiger partial charge in [0.1, 0.15) is 5.75 Å². The first-order valence-corrected chi connectivity index (χ1v) is 7.84. The summed E-state index contributed by atoms with van der Waals surface area (Å²) in [6.07, 6.45) is 0. The van der Waals surface area contributed by atoms with E-state index in [9.17, 15) is 4.79 Å². The molecule has 0 spiro atoms. The molecule has 0 aromatic heterocycles. The third-order valence-electron chi connectivity index (χ3n) is 3.49. The minimum absolute atomic E-state index is 0. The molecule has 0 atom stereocenters. The van der Waals surface area contributed by atoms with Crippen molar-refractivity contribution in [2.75, 3.05) is 0 Å². The van der Waals surface area contributed by atoms with E-state index < -0.39 is 5.97 Å². The Labute approximate surface area is 177 Å². The van der Waals surface area contributed by atoms with Crippen LogP contribution < -0.4 is 9.62 Å². The van der Waals surface area contributed by atoms with Crippen LogP contribution in [0.2, 0.25) is 0 Å². The number of rotatable bonds is 6. The van der Waals surface area contributed by atoms with Gasteiger partial charge in [-0.2, -0.15) is 35.2 Å². The van der Waals surface area contributed by atoms with E-state index in [1.807, 2.05) is 43.3 Å². The minimum atomic E-state index is -0.397. The molecule has 1 radical (unpaired) electrons. The molecule has 0 saturated heterocycles. The maximum Gasteiger partial charge on any atom is 0.343 e. The van der Waals surface area contributed by atoms with Gasteiger partial charge in [-0.05, 0) is 43.3 Å². The van der Waals surface area contributed by atoms with Crippen LogP contribution in [0.3, 0.4) is 0 Å². The summed E-state index contributed by atoms with van der Waals surface area (Å²) in [5, 5.41) is 0. The van der Waals surface area contributed by atoms with Gasteiger partial charge in [-0.25, -0.2) is 4.79 Å². The van der Waals surface area contributed by atoms with Gasteiger partial charge in [-0.15, -0.1) is 5.56 Å². The predicted molar refractivity (Wildman–Crippen MR) is 93.3 cm³/mol. The Kier molecular flexibility index (Phi) is 7.98. The van der Waals surface area contributed by atoms with E-state index in [1.165, 1.54) is 0 Å². The number of carbonyl (C=O) groups excluding carboxylic acids is 1. The Morgan fingerprint density at radius 2 is 1.50 bits per heavy atom. The monoisotopic (exact) mass is 422 g/mol. The molecule has 0 aliphatic carbocycles. The minimum Gasteiger partial charge on any atom is -0.423 e. The molecule has 0 saturated carbocycles. The third-order valence-corrected chi connectivity index (χ3v) is 3.49. The van der Waals surface area contributed by atoms with Crippen molar-refractivity contribution in [3.8, 4) is 11.5 Å². The largest absolute Gasteiger partial charge is 0.423 e. The van der Waals surface area contributed by atoms with E-state index in [-0.39, 0.29) is 32.7 Å². The Morgan fingerprint density at radius 1 is 0.885 bits per heavy atom. The standard InChI is InChI=1S/C21H17O4.Y/c1-16-7-9-18(10-8-16)21(22)24-19-11-13-20(14-12-19)25-23-15-17-5-3-2-4-6-17;/h3-14H,15H2,1H3;/q-1;. The first kappa shape index (κ1) is 20.3. The molecule has 26 heavy (non-hydrogen) atoms. The van der Waals surface area contributed by atoms with Crippen LogP contribution in [0.5, 0.6) is 11.5 Å². The second-order valence-corrected chi connectivity index (χ2v) is 5.48. The number of carbonyl (C=O) groups is 1. The molecular formula is C21H17O4Y-. The topological polar surface area (TPSA) is 44.8 Å². The van der Waals surface area contributed by atoms with Gasteiger partial charge in [0.05, 0.1) is 12.2 Å². The number of benzene rings is 3. The Bertz CT molecular complexity index is 815. The molecule has 0 aliphatic rings. The molecule has 4 nitrogen and oxygen atoms in total. The predicted octanol–water partition coefficient (Wildman–Crippen LogP) is 4.52. The summed E-state index contributed by atoms with van der Waals surface area (Å²) in [6, 6.07) is 24.3. The molecule has 129 valence electrons. The van der Waals surface area contributed by atoms with Crippen LogP contribution in [-0.2, 0) is 44.2 Å². The van der Waals surface area contributed by atoms with Gasteiger partial charge in [0.25, 0.3) is 0 Å². The van der Waals surface area contributed by atoms with Crippen molar-refractivity contribution in [1.29, 1.82) is 0 Å². The van der Waals surface area contributed by atoms with Gasteiger partial charge in [0, 0.05) is 32.7 Å². The molecule has 3 rings (SSSR count).